The summed E-state index contributed by atoms with van der Waals surface area (Å²) in [5.41, 5.74) is 9.51. The number of benzene rings is 2. The number of nitrogens with one attached hydrogen (secondary N) is 3. The van der Waals surface area contributed by atoms with Crippen LogP contribution in [0, 0.1) is 0 Å². The van der Waals surface area contributed by atoms with Crippen molar-refractivity contribution in [2.45, 2.75) is 44.7 Å². The normalized spacial score (nSPS) is 19.4. The molecule has 1 saturated carbocycles. The molecule has 2 atom stereocenters. The van der Waals surface area contributed by atoms with E-state index in [9.17, 15) is 4.79 Å². The van der Waals surface area contributed by atoms with Crippen LogP contribution in [0.3, 0.4) is 0 Å². The zero-order chi connectivity index (χ0) is 24.1. The monoisotopic (exact) mass is 476 g/mol. The summed E-state index contributed by atoms with van der Waals surface area (Å²) in [6.45, 7) is 5.51. The number of carbonyl (C=O) groups excluding carboxylic acids is 1. The number of carbonyl (C=O) groups is 1. The molecule has 1 aromatic heterocycles. The van der Waals surface area contributed by atoms with Gasteiger partial charge < -0.3 is 21.4 Å². The largest absolute Gasteiger partial charge is 0.399 e. The average Bonchev–Trinajstić information content (AvgIpc) is 3.26. The van der Waals surface area contributed by atoms with Crippen molar-refractivity contribution in [1.82, 2.24) is 15.6 Å². The number of nitrogens with two attached hydrogens (primary N) is 1. The molecular formula is C26H29ClN6O. The molecule has 3 aromatic rings. The Labute approximate surface area is 204 Å². The number of aliphatic imine (C=N–C) groups is 2. The van der Waals surface area contributed by atoms with Gasteiger partial charge in [-0.15, -0.1) is 0 Å². The Morgan fingerprint density at radius 3 is 2.53 bits per heavy atom. The Balaban J connectivity index is 1.46. The van der Waals surface area contributed by atoms with Crippen LogP contribution in [-0.4, -0.2) is 35.7 Å². The standard InChI is InChI=1S/C26H29ClN6O/c1-16(27)24(22-15-30-23-9-4-3-8-21(22)23)33-26(29-2)32-20-7-5-6-19(14-20)31-25(34)17-10-12-18(28)13-11-17/h3-4,8-13,15,19-20,30H,2,5-7,14,28H2,1H3,(H,31,34)(H,32,33)/b24-16+/t19-,20+/m0/s1. The second-order valence-electron chi connectivity index (χ2n) is 8.52. The molecule has 0 aliphatic heterocycles. The molecule has 2 aromatic carbocycles. The minimum Gasteiger partial charge on any atom is -0.399 e. The molecule has 176 valence electrons. The van der Waals surface area contributed by atoms with Crippen molar-refractivity contribution < 1.29 is 4.79 Å². The van der Waals surface area contributed by atoms with Gasteiger partial charge in [-0.25, -0.2) is 9.98 Å². The topological polar surface area (TPSA) is 108 Å². The number of hydrogen-bond donors (Lipinski definition) is 4. The molecule has 7 nitrogen and oxygen atoms in total. The molecule has 1 aliphatic carbocycles. The summed E-state index contributed by atoms with van der Waals surface area (Å²) in [6, 6.07) is 15.1. The van der Waals surface area contributed by atoms with Crippen LogP contribution in [0.5, 0.6) is 0 Å². The maximum absolute atomic E-state index is 12.6. The molecular weight excluding hydrogens is 448 g/mol. The van der Waals surface area contributed by atoms with Gasteiger partial charge >= 0.3 is 0 Å². The fraction of sp³-hybridized carbons (Fsp3) is 0.269. The van der Waals surface area contributed by atoms with Crippen LogP contribution in [-0.2, 0) is 0 Å². The number of nitrogen functional groups attached to an aromatic ring is 1. The molecule has 0 radical (unpaired) electrons. The SMILES string of the molecule is C=N/C(=N\C(=C(/C)Cl)c1c[nH]c2ccccc12)N[C@@H]1CCC[C@H](NC(=O)c2ccc(N)cc2)C1. The highest BCUT2D eigenvalue weighted by molar-refractivity contribution is 6.32. The minimum absolute atomic E-state index is 0.0563. The summed E-state index contributed by atoms with van der Waals surface area (Å²) >= 11 is 6.44. The summed E-state index contributed by atoms with van der Waals surface area (Å²) in [4.78, 5) is 24.7. The van der Waals surface area contributed by atoms with Crippen molar-refractivity contribution >= 4 is 52.5 Å². The van der Waals surface area contributed by atoms with E-state index in [4.69, 9.17) is 22.3 Å². The van der Waals surface area contributed by atoms with E-state index in [1.807, 2.05) is 37.4 Å². The second kappa shape index (κ2) is 10.6. The Bertz CT molecular complexity index is 1240. The van der Waals surface area contributed by atoms with E-state index in [1.165, 1.54) is 0 Å². The van der Waals surface area contributed by atoms with E-state index in [2.05, 4.69) is 27.3 Å². The summed E-state index contributed by atoms with van der Waals surface area (Å²) in [5, 5.41) is 8.13. The highest BCUT2D eigenvalue weighted by atomic mass is 35.5. The number of amides is 1. The molecule has 0 spiro atoms. The van der Waals surface area contributed by atoms with Gasteiger partial charge in [0.1, 0.15) is 0 Å². The number of rotatable bonds is 5. The summed E-state index contributed by atoms with van der Waals surface area (Å²) < 4.78 is 0. The quantitative estimate of drug-likeness (QED) is 0.234. The van der Waals surface area contributed by atoms with E-state index < -0.39 is 0 Å². The van der Waals surface area contributed by atoms with Crippen molar-refractivity contribution in [3.8, 4) is 0 Å². The van der Waals surface area contributed by atoms with Gasteiger partial charge in [-0.3, -0.25) is 4.79 Å². The van der Waals surface area contributed by atoms with Gasteiger partial charge in [0.25, 0.3) is 5.91 Å². The molecule has 1 aliphatic rings. The molecule has 34 heavy (non-hydrogen) atoms. The van der Waals surface area contributed by atoms with Gasteiger partial charge in [0.2, 0.25) is 5.96 Å². The van der Waals surface area contributed by atoms with Crippen LogP contribution < -0.4 is 16.4 Å². The number of H-pyrrole nitrogens is 1. The third-order valence-corrected chi connectivity index (χ3v) is 6.23. The molecule has 1 heterocycles. The first-order valence-corrected chi connectivity index (χ1v) is 11.7. The number of fused-ring (bicyclic) bond motifs is 1. The van der Waals surface area contributed by atoms with Crippen LogP contribution in [0.1, 0.15) is 48.5 Å². The van der Waals surface area contributed by atoms with E-state index in [1.54, 1.807) is 24.3 Å². The highest BCUT2D eigenvalue weighted by Gasteiger charge is 2.24. The molecule has 1 amide bonds. The van der Waals surface area contributed by atoms with Gasteiger partial charge in [-0.2, -0.15) is 0 Å². The lowest BCUT2D eigenvalue weighted by atomic mass is 9.91. The van der Waals surface area contributed by atoms with E-state index in [0.29, 0.717) is 27.9 Å². The van der Waals surface area contributed by atoms with Crippen LogP contribution >= 0.6 is 11.6 Å². The number of nitrogens with zero attached hydrogens (tertiary/aromatic N) is 2. The molecule has 5 N–H and O–H groups in total. The fourth-order valence-corrected chi connectivity index (χ4v) is 4.49. The smallest absolute Gasteiger partial charge is 0.251 e. The third-order valence-electron chi connectivity index (χ3n) is 6.05. The van der Waals surface area contributed by atoms with Gasteiger partial charge in [0, 0.05) is 51.0 Å². The number of anilines is 1. The number of aromatic nitrogens is 1. The summed E-state index contributed by atoms with van der Waals surface area (Å²) in [6.07, 6.45) is 5.53. The van der Waals surface area contributed by atoms with Crippen LogP contribution in [0.4, 0.5) is 5.69 Å². The van der Waals surface area contributed by atoms with Gasteiger partial charge in [0.15, 0.2) is 0 Å². The average molecular weight is 477 g/mol. The number of allylic oxidation sites excluding steroid dienone is 1. The van der Waals surface area contributed by atoms with Crippen molar-refractivity contribution in [3.63, 3.8) is 0 Å². The van der Waals surface area contributed by atoms with E-state index in [0.717, 1.165) is 42.1 Å². The zero-order valence-corrected chi connectivity index (χ0v) is 19.9. The van der Waals surface area contributed by atoms with Crippen molar-refractivity contribution in [2.24, 2.45) is 9.98 Å². The number of hydrogen-bond acceptors (Lipinski definition) is 3. The number of para-hydroxylation sites is 1. The van der Waals surface area contributed by atoms with Crippen molar-refractivity contribution in [2.75, 3.05) is 5.73 Å². The maximum atomic E-state index is 12.6. The fourth-order valence-electron chi connectivity index (χ4n) is 4.35. The lowest BCUT2D eigenvalue weighted by molar-refractivity contribution is 0.0924. The zero-order valence-electron chi connectivity index (χ0n) is 19.1. The predicted octanol–water partition coefficient (Wildman–Crippen LogP) is 5.06. The lowest BCUT2D eigenvalue weighted by Gasteiger charge is -2.30. The van der Waals surface area contributed by atoms with Gasteiger partial charge in [0.05, 0.1) is 5.70 Å². The number of guanidine groups is 1. The molecule has 8 heteroatoms. The Hall–Kier alpha value is -3.58. The second-order valence-corrected chi connectivity index (χ2v) is 9.09. The Morgan fingerprint density at radius 2 is 1.82 bits per heavy atom. The van der Waals surface area contributed by atoms with E-state index >= 15 is 0 Å². The first-order chi connectivity index (χ1) is 16.4. The number of aromatic amines is 1. The van der Waals surface area contributed by atoms with Crippen LogP contribution in [0.2, 0.25) is 0 Å². The summed E-state index contributed by atoms with van der Waals surface area (Å²) in [5.74, 6) is 0.319. The third kappa shape index (κ3) is 5.48. The van der Waals surface area contributed by atoms with Crippen molar-refractivity contribution in [3.05, 3.63) is 70.9 Å². The van der Waals surface area contributed by atoms with E-state index in [-0.39, 0.29) is 18.0 Å². The summed E-state index contributed by atoms with van der Waals surface area (Å²) in [7, 11) is 0. The minimum atomic E-state index is -0.0938. The highest BCUT2D eigenvalue weighted by Crippen LogP contribution is 2.30. The van der Waals surface area contributed by atoms with Crippen LogP contribution in [0.15, 0.2) is 69.7 Å². The lowest BCUT2D eigenvalue weighted by Crippen LogP contribution is -2.45. The van der Waals surface area contributed by atoms with Gasteiger partial charge in [-0.05, 0) is 69.7 Å². The Kier molecular flexibility index (Phi) is 7.33. The Morgan fingerprint density at radius 1 is 1.12 bits per heavy atom. The predicted molar refractivity (Wildman–Crippen MR) is 141 cm³/mol. The van der Waals surface area contributed by atoms with Crippen molar-refractivity contribution in [1.29, 1.82) is 0 Å². The number of halogens is 1. The molecule has 0 saturated heterocycles. The molecule has 4 rings (SSSR count). The molecule has 0 unspecified atom stereocenters. The first-order valence-electron chi connectivity index (χ1n) is 11.4. The molecule has 0 bridgehead atoms. The first kappa shape index (κ1) is 23.6. The van der Waals surface area contributed by atoms with Crippen LogP contribution in [0.25, 0.3) is 16.6 Å². The van der Waals surface area contributed by atoms with Gasteiger partial charge in [-0.1, -0.05) is 29.8 Å². The maximum Gasteiger partial charge on any atom is 0.251 e. The molecule has 1 fully saturated rings.